The minimum atomic E-state index is -2.07. The van der Waals surface area contributed by atoms with E-state index in [1.165, 1.54) is 55.6 Å². The Labute approximate surface area is 270 Å². The van der Waals surface area contributed by atoms with Crippen LogP contribution < -0.4 is 31.1 Å². The summed E-state index contributed by atoms with van der Waals surface area (Å²) >= 11 is 0. The van der Waals surface area contributed by atoms with E-state index in [4.69, 9.17) is 0 Å². The molecular weight excluding hydrogens is 589 g/mol. The highest BCUT2D eigenvalue weighted by Gasteiger charge is 2.43. The predicted molar refractivity (Wildman–Crippen MR) is 204 cm³/mol. The SMILES string of the molecule is C[Si]1(C)c2ccccc2-c2cc(-c3cccc4c3[Si](C)(C)c3c(-c5ccc6c(c5)-c5ccccc5[Si]6(C)C)cccc3-4)ccc21. The summed E-state index contributed by atoms with van der Waals surface area (Å²) in [5.74, 6) is 0. The smallest absolute Gasteiger partial charge is 0.0623 e. The van der Waals surface area contributed by atoms with Gasteiger partial charge in [0.2, 0.25) is 0 Å². The Morgan fingerprint density at radius 2 is 0.644 bits per heavy atom. The zero-order chi connectivity index (χ0) is 30.9. The lowest BCUT2D eigenvalue weighted by Gasteiger charge is -2.25. The highest BCUT2D eigenvalue weighted by atomic mass is 28.3. The second-order valence-electron chi connectivity index (χ2n) is 14.9. The molecule has 6 aromatic rings. The number of benzene rings is 6. The molecule has 45 heavy (non-hydrogen) atoms. The molecule has 0 unspecified atom stereocenters. The van der Waals surface area contributed by atoms with E-state index in [-0.39, 0.29) is 0 Å². The van der Waals surface area contributed by atoms with Gasteiger partial charge in [-0.05, 0) is 98.9 Å². The van der Waals surface area contributed by atoms with Crippen molar-refractivity contribution < 1.29 is 0 Å². The Hall–Kier alpha value is -4.03. The van der Waals surface area contributed by atoms with Crippen molar-refractivity contribution in [1.29, 1.82) is 0 Å². The van der Waals surface area contributed by atoms with Crippen molar-refractivity contribution in [2.45, 2.75) is 39.3 Å². The molecule has 3 heterocycles. The molecule has 3 aliphatic heterocycles. The number of rotatable bonds is 2. The van der Waals surface area contributed by atoms with E-state index in [0.717, 1.165) is 0 Å². The van der Waals surface area contributed by atoms with E-state index in [2.05, 4.69) is 161 Å². The minimum absolute atomic E-state index is 1.36. The van der Waals surface area contributed by atoms with Crippen LogP contribution in [0.2, 0.25) is 39.3 Å². The van der Waals surface area contributed by atoms with Crippen LogP contribution in [-0.4, -0.2) is 24.2 Å². The molecule has 0 N–H and O–H groups in total. The van der Waals surface area contributed by atoms with E-state index in [1.807, 2.05) is 0 Å². The molecule has 6 aromatic carbocycles. The first kappa shape index (κ1) is 27.3. The largest absolute Gasteiger partial charge is 0.115 e. The van der Waals surface area contributed by atoms with Gasteiger partial charge in [0.05, 0.1) is 0 Å². The van der Waals surface area contributed by atoms with Gasteiger partial charge in [-0.1, -0.05) is 148 Å². The van der Waals surface area contributed by atoms with E-state index >= 15 is 0 Å². The van der Waals surface area contributed by atoms with Crippen molar-refractivity contribution in [2.75, 3.05) is 0 Å². The lowest BCUT2D eigenvalue weighted by Crippen LogP contribution is -2.51. The second-order valence-corrected chi connectivity index (χ2v) is 27.8. The molecule has 9 rings (SSSR count). The fraction of sp³-hybridized carbons (Fsp3) is 0.143. The van der Waals surface area contributed by atoms with Crippen LogP contribution in [0.3, 0.4) is 0 Å². The molecule has 3 aliphatic rings. The Kier molecular flexibility index (Phi) is 5.48. The average Bonchev–Trinajstić information content (AvgIpc) is 3.54. The topological polar surface area (TPSA) is 0 Å². The Balaban J connectivity index is 1.21. The van der Waals surface area contributed by atoms with Gasteiger partial charge in [0.1, 0.15) is 24.2 Å². The molecule has 0 atom stereocenters. The summed E-state index contributed by atoms with van der Waals surface area (Å²) < 4.78 is 0. The zero-order valence-electron chi connectivity index (χ0n) is 27.0. The van der Waals surface area contributed by atoms with Crippen molar-refractivity contribution in [1.82, 2.24) is 0 Å². The van der Waals surface area contributed by atoms with Gasteiger partial charge in [-0.25, -0.2) is 0 Å². The van der Waals surface area contributed by atoms with Crippen LogP contribution in [0.5, 0.6) is 0 Å². The fourth-order valence-electron chi connectivity index (χ4n) is 9.28. The van der Waals surface area contributed by atoms with Crippen molar-refractivity contribution in [3.05, 3.63) is 121 Å². The molecular formula is C42H38Si3. The third-order valence-electron chi connectivity index (χ3n) is 11.5. The summed E-state index contributed by atoms with van der Waals surface area (Å²) in [6.45, 7) is 15.2. The molecule has 0 amide bonds. The van der Waals surface area contributed by atoms with E-state index in [9.17, 15) is 0 Å². The molecule has 0 aliphatic carbocycles. The normalized spacial score (nSPS) is 16.8. The zero-order valence-corrected chi connectivity index (χ0v) is 30.0. The maximum atomic E-state index is 2.59. The van der Waals surface area contributed by atoms with Crippen LogP contribution in [-0.2, 0) is 0 Å². The first-order valence-corrected chi connectivity index (χ1v) is 25.4. The number of fused-ring (bicyclic) bond motifs is 9. The molecule has 0 aromatic heterocycles. The van der Waals surface area contributed by atoms with Gasteiger partial charge >= 0.3 is 0 Å². The molecule has 0 radical (unpaired) electrons. The highest BCUT2D eigenvalue weighted by Crippen LogP contribution is 2.39. The standard InChI is InChI=1S/C42H38Si3/c1-43(2)37-19-9-7-13-31(37)35-25-27(21-23-39(35)43)29-15-11-17-33-34-18-12-16-30(42(34)45(5,6)41(29)33)28-22-24-40-36(26-28)32-14-8-10-20-38(32)44(40,3)4/h7-26H,1-6H3. The molecule has 0 spiro atoms. The molecule has 0 saturated heterocycles. The summed E-state index contributed by atoms with van der Waals surface area (Å²) in [6, 6.07) is 47.2. The second kappa shape index (κ2) is 9.03. The van der Waals surface area contributed by atoms with Crippen LogP contribution in [0.15, 0.2) is 121 Å². The number of hydrogen-bond donors (Lipinski definition) is 0. The molecule has 0 saturated carbocycles. The van der Waals surface area contributed by atoms with E-state index < -0.39 is 24.2 Å². The minimum Gasteiger partial charge on any atom is -0.0623 e. The Bertz CT molecular complexity index is 2090. The molecule has 0 bridgehead atoms. The van der Waals surface area contributed by atoms with Crippen molar-refractivity contribution >= 4 is 55.3 Å². The van der Waals surface area contributed by atoms with Crippen molar-refractivity contribution in [3.8, 4) is 55.6 Å². The first-order chi connectivity index (χ1) is 21.6. The third-order valence-corrected chi connectivity index (χ3v) is 22.2. The maximum absolute atomic E-state index is 2.59. The highest BCUT2D eigenvalue weighted by molar-refractivity contribution is 7.06. The quantitative estimate of drug-likeness (QED) is 0.175. The molecule has 0 fully saturated rings. The summed E-state index contributed by atoms with van der Waals surface area (Å²) in [6.07, 6.45) is 0. The lowest BCUT2D eigenvalue weighted by atomic mass is 9.94. The van der Waals surface area contributed by atoms with Gasteiger partial charge in [0.15, 0.2) is 0 Å². The van der Waals surface area contributed by atoms with Gasteiger partial charge in [0, 0.05) is 0 Å². The summed E-state index contributed by atoms with van der Waals surface area (Å²) in [4.78, 5) is 0. The summed E-state index contributed by atoms with van der Waals surface area (Å²) in [7, 11) is -5.43. The van der Waals surface area contributed by atoms with Crippen LogP contribution >= 0.6 is 0 Å². The van der Waals surface area contributed by atoms with Crippen molar-refractivity contribution in [3.63, 3.8) is 0 Å². The summed E-state index contributed by atoms with van der Waals surface area (Å²) in [5, 5.41) is 9.49. The van der Waals surface area contributed by atoms with Crippen LogP contribution in [0.4, 0.5) is 0 Å². The Morgan fingerprint density at radius 1 is 0.289 bits per heavy atom. The Morgan fingerprint density at radius 3 is 1.09 bits per heavy atom. The maximum Gasteiger partial charge on any atom is 0.115 e. The van der Waals surface area contributed by atoms with Crippen LogP contribution in [0, 0.1) is 0 Å². The van der Waals surface area contributed by atoms with Crippen LogP contribution in [0.25, 0.3) is 55.6 Å². The van der Waals surface area contributed by atoms with Crippen molar-refractivity contribution in [2.24, 2.45) is 0 Å². The van der Waals surface area contributed by atoms with Gasteiger partial charge in [-0.2, -0.15) is 0 Å². The van der Waals surface area contributed by atoms with Gasteiger partial charge in [0.25, 0.3) is 0 Å². The van der Waals surface area contributed by atoms with Crippen LogP contribution in [0.1, 0.15) is 0 Å². The van der Waals surface area contributed by atoms with Gasteiger partial charge in [-0.3, -0.25) is 0 Å². The van der Waals surface area contributed by atoms with Gasteiger partial charge in [-0.15, -0.1) is 0 Å². The molecule has 218 valence electrons. The van der Waals surface area contributed by atoms with Gasteiger partial charge < -0.3 is 0 Å². The molecule has 3 heteroatoms. The first-order valence-electron chi connectivity index (χ1n) is 16.4. The van der Waals surface area contributed by atoms with E-state index in [1.54, 1.807) is 31.1 Å². The molecule has 0 nitrogen and oxygen atoms in total. The monoisotopic (exact) mass is 626 g/mol. The predicted octanol–water partition coefficient (Wildman–Crippen LogP) is 7.43. The fourth-order valence-corrected chi connectivity index (χ4v) is 19.3. The third kappa shape index (κ3) is 3.52. The lowest BCUT2D eigenvalue weighted by molar-refractivity contribution is 1.64. The van der Waals surface area contributed by atoms with E-state index in [0.29, 0.717) is 0 Å². The number of hydrogen-bond acceptors (Lipinski definition) is 0. The average molecular weight is 627 g/mol. The summed E-state index contributed by atoms with van der Waals surface area (Å²) in [5.41, 5.74) is 14.3.